The normalized spacial score (nSPS) is 19.1. The highest BCUT2D eigenvalue weighted by Gasteiger charge is 2.23. The second kappa shape index (κ2) is 5.81. The van der Waals surface area contributed by atoms with Gasteiger partial charge in [-0.1, -0.05) is 48.5 Å². The van der Waals surface area contributed by atoms with Crippen LogP contribution in [-0.2, 0) is 6.42 Å². The summed E-state index contributed by atoms with van der Waals surface area (Å²) in [6.45, 7) is 2.28. The summed E-state index contributed by atoms with van der Waals surface area (Å²) in [7, 11) is 0. The van der Waals surface area contributed by atoms with Gasteiger partial charge in [-0.2, -0.15) is 0 Å². The molecule has 19 heavy (non-hydrogen) atoms. The average molecular weight is 269 g/mol. The molecule has 2 atom stereocenters. The van der Waals surface area contributed by atoms with E-state index < -0.39 is 0 Å². The van der Waals surface area contributed by atoms with Crippen molar-refractivity contribution in [3.05, 3.63) is 65.7 Å². The van der Waals surface area contributed by atoms with Crippen LogP contribution in [0.1, 0.15) is 24.1 Å². The fraction of sp³-hybridized carbons (Fsp3) is 0.294. The van der Waals surface area contributed by atoms with Gasteiger partial charge in [0.05, 0.1) is 0 Å². The molecule has 0 spiro atoms. The number of benzene rings is 2. The molecule has 0 saturated carbocycles. The smallest absolute Gasteiger partial charge is 0.0428 e. The van der Waals surface area contributed by atoms with Gasteiger partial charge in [0.2, 0.25) is 0 Å². The molecule has 2 unspecified atom stereocenters. The van der Waals surface area contributed by atoms with E-state index >= 15 is 0 Å². The van der Waals surface area contributed by atoms with E-state index in [4.69, 9.17) is 0 Å². The molecule has 98 valence electrons. The largest absolute Gasteiger partial charge is 0.306 e. The summed E-state index contributed by atoms with van der Waals surface area (Å²) >= 11 is 1.96. The Hall–Kier alpha value is -1.25. The Labute approximate surface area is 119 Å². The van der Waals surface area contributed by atoms with E-state index in [9.17, 15) is 0 Å². The minimum atomic E-state index is 0.499. The van der Waals surface area contributed by atoms with Gasteiger partial charge < -0.3 is 5.32 Å². The van der Waals surface area contributed by atoms with Crippen molar-refractivity contribution in [2.24, 2.45) is 0 Å². The van der Waals surface area contributed by atoms with Gasteiger partial charge in [0.25, 0.3) is 0 Å². The maximum Gasteiger partial charge on any atom is 0.0428 e. The predicted octanol–water partition coefficient (Wildman–Crippen LogP) is 4.05. The zero-order chi connectivity index (χ0) is 13.1. The maximum absolute atomic E-state index is 3.76. The molecule has 1 heterocycles. The minimum Gasteiger partial charge on any atom is -0.306 e. The zero-order valence-electron chi connectivity index (χ0n) is 11.2. The summed E-state index contributed by atoms with van der Waals surface area (Å²) in [5, 5.41) is 3.76. The Morgan fingerprint density at radius 1 is 1.11 bits per heavy atom. The SMILES string of the molecule is CC(Cc1ccccc1)NC1CSc2ccccc21. The number of hydrogen-bond donors (Lipinski definition) is 1. The number of fused-ring (bicyclic) bond motifs is 1. The molecule has 1 N–H and O–H groups in total. The lowest BCUT2D eigenvalue weighted by molar-refractivity contribution is 0.483. The maximum atomic E-state index is 3.76. The first kappa shape index (κ1) is 12.8. The van der Waals surface area contributed by atoms with E-state index in [1.54, 1.807) is 0 Å². The van der Waals surface area contributed by atoms with Crippen LogP contribution in [0.15, 0.2) is 59.5 Å². The van der Waals surface area contributed by atoms with Crippen LogP contribution in [0.3, 0.4) is 0 Å². The van der Waals surface area contributed by atoms with Crippen molar-refractivity contribution < 1.29 is 0 Å². The predicted molar refractivity (Wildman–Crippen MR) is 82.7 cm³/mol. The van der Waals surface area contributed by atoms with Gasteiger partial charge in [0.1, 0.15) is 0 Å². The quantitative estimate of drug-likeness (QED) is 0.898. The lowest BCUT2D eigenvalue weighted by Gasteiger charge is -2.20. The molecule has 1 aliphatic rings. The van der Waals surface area contributed by atoms with Crippen LogP contribution >= 0.6 is 11.8 Å². The molecule has 1 nitrogen and oxygen atoms in total. The standard InChI is InChI=1S/C17H19NS/c1-13(11-14-7-3-2-4-8-14)18-16-12-19-17-10-6-5-9-15(16)17/h2-10,13,16,18H,11-12H2,1H3. The van der Waals surface area contributed by atoms with Gasteiger partial charge in [-0.3, -0.25) is 0 Å². The summed E-state index contributed by atoms with van der Waals surface area (Å²) in [5.41, 5.74) is 2.87. The van der Waals surface area contributed by atoms with Crippen molar-refractivity contribution in [1.82, 2.24) is 5.32 Å². The molecule has 1 aliphatic heterocycles. The highest BCUT2D eigenvalue weighted by Crippen LogP contribution is 2.37. The molecule has 0 amide bonds. The zero-order valence-corrected chi connectivity index (χ0v) is 12.0. The van der Waals surface area contributed by atoms with Crippen molar-refractivity contribution in [2.45, 2.75) is 30.3 Å². The highest BCUT2D eigenvalue weighted by molar-refractivity contribution is 7.99. The van der Waals surface area contributed by atoms with Gasteiger partial charge in [0.15, 0.2) is 0 Å². The fourth-order valence-electron chi connectivity index (χ4n) is 2.67. The fourth-order valence-corrected chi connectivity index (χ4v) is 3.84. The summed E-state index contributed by atoms with van der Waals surface area (Å²) in [6.07, 6.45) is 1.09. The molecule has 2 aromatic carbocycles. The third-order valence-corrected chi connectivity index (χ3v) is 4.75. The molecule has 0 aliphatic carbocycles. The Bertz CT molecular complexity index is 538. The van der Waals surface area contributed by atoms with Crippen LogP contribution in [0.5, 0.6) is 0 Å². The van der Waals surface area contributed by atoms with Gasteiger partial charge in [-0.25, -0.2) is 0 Å². The lowest BCUT2D eigenvalue weighted by atomic mass is 10.0. The minimum absolute atomic E-state index is 0.499. The molecule has 0 bridgehead atoms. The molecule has 0 radical (unpaired) electrons. The van der Waals surface area contributed by atoms with Gasteiger partial charge in [-0.05, 0) is 30.5 Å². The monoisotopic (exact) mass is 269 g/mol. The first-order valence-corrected chi connectivity index (χ1v) is 7.83. The molecule has 2 heteroatoms. The topological polar surface area (TPSA) is 12.0 Å². The van der Waals surface area contributed by atoms with Crippen LogP contribution in [0.25, 0.3) is 0 Å². The molecule has 3 rings (SSSR count). The Kier molecular flexibility index (Phi) is 3.90. The second-order valence-corrected chi connectivity index (χ2v) is 6.22. The van der Waals surface area contributed by atoms with Crippen LogP contribution in [-0.4, -0.2) is 11.8 Å². The van der Waals surface area contributed by atoms with Crippen molar-refractivity contribution in [3.63, 3.8) is 0 Å². The highest BCUT2D eigenvalue weighted by atomic mass is 32.2. The number of thioether (sulfide) groups is 1. The van der Waals surface area contributed by atoms with Gasteiger partial charge in [0, 0.05) is 22.7 Å². The number of nitrogens with one attached hydrogen (secondary N) is 1. The van der Waals surface area contributed by atoms with E-state index in [0.29, 0.717) is 12.1 Å². The Morgan fingerprint density at radius 2 is 1.84 bits per heavy atom. The number of rotatable bonds is 4. The van der Waals surface area contributed by atoms with Crippen molar-refractivity contribution in [1.29, 1.82) is 0 Å². The lowest BCUT2D eigenvalue weighted by Crippen LogP contribution is -2.32. The molecule has 2 aromatic rings. The summed E-state index contributed by atoms with van der Waals surface area (Å²) in [6, 6.07) is 20.5. The van der Waals surface area contributed by atoms with Crippen LogP contribution in [0, 0.1) is 0 Å². The Balaban J connectivity index is 1.63. The molecule has 0 fully saturated rings. The van der Waals surface area contributed by atoms with Crippen LogP contribution < -0.4 is 5.32 Å². The van der Waals surface area contributed by atoms with Crippen LogP contribution in [0.2, 0.25) is 0 Å². The van der Waals surface area contributed by atoms with Gasteiger partial charge >= 0.3 is 0 Å². The van der Waals surface area contributed by atoms with E-state index in [-0.39, 0.29) is 0 Å². The van der Waals surface area contributed by atoms with Crippen molar-refractivity contribution in [2.75, 3.05) is 5.75 Å². The molecule has 0 saturated heterocycles. The first-order valence-electron chi connectivity index (χ1n) is 6.84. The Morgan fingerprint density at radius 3 is 2.68 bits per heavy atom. The molecular formula is C17H19NS. The molecular weight excluding hydrogens is 250 g/mol. The van der Waals surface area contributed by atoms with Crippen LogP contribution in [0.4, 0.5) is 0 Å². The summed E-state index contributed by atoms with van der Waals surface area (Å²) in [5.74, 6) is 1.15. The van der Waals surface area contributed by atoms with Gasteiger partial charge in [-0.15, -0.1) is 11.8 Å². The second-order valence-electron chi connectivity index (χ2n) is 5.16. The summed E-state index contributed by atoms with van der Waals surface area (Å²) in [4.78, 5) is 1.44. The third kappa shape index (κ3) is 3.02. The first-order chi connectivity index (χ1) is 9.33. The van der Waals surface area contributed by atoms with Crippen molar-refractivity contribution in [3.8, 4) is 0 Å². The number of hydrogen-bond acceptors (Lipinski definition) is 2. The third-order valence-electron chi connectivity index (χ3n) is 3.57. The average Bonchev–Trinajstić information content (AvgIpc) is 2.83. The molecule has 0 aromatic heterocycles. The van der Waals surface area contributed by atoms with E-state index in [2.05, 4.69) is 66.8 Å². The van der Waals surface area contributed by atoms with Crippen molar-refractivity contribution >= 4 is 11.8 Å². The van der Waals surface area contributed by atoms with E-state index in [0.717, 1.165) is 12.2 Å². The summed E-state index contributed by atoms with van der Waals surface area (Å²) < 4.78 is 0. The van der Waals surface area contributed by atoms with E-state index in [1.165, 1.54) is 16.0 Å². The van der Waals surface area contributed by atoms with E-state index in [1.807, 2.05) is 11.8 Å².